The minimum absolute atomic E-state index is 0. The van der Waals surface area contributed by atoms with Gasteiger partial charge in [-0.1, -0.05) is 26.0 Å². The van der Waals surface area contributed by atoms with Crippen molar-refractivity contribution in [1.82, 2.24) is 0 Å². The number of aliphatic hydroxyl groups excluding tert-OH is 2. The predicted molar refractivity (Wildman–Crippen MR) is 101 cm³/mol. The third kappa shape index (κ3) is 6.80. The van der Waals surface area contributed by atoms with Gasteiger partial charge in [-0.3, -0.25) is 0 Å². The van der Waals surface area contributed by atoms with Gasteiger partial charge in [-0.05, 0) is 31.3 Å². The van der Waals surface area contributed by atoms with Crippen molar-refractivity contribution in [2.75, 3.05) is 0 Å². The van der Waals surface area contributed by atoms with E-state index >= 15 is 0 Å². The molecule has 1 aliphatic heterocycles. The quantitative estimate of drug-likeness (QED) is 0.226. The third-order valence-electron chi connectivity index (χ3n) is 5.51. The van der Waals surface area contributed by atoms with Gasteiger partial charge in [-0.25, -0.2) is 0 Å². The first-order valence-corrected chi connectivity index (χ1v) is 10.1. The fourth-order valence-electron chi connectivity index (χ4n) is 3.85. The first kappa shape index (κ1) is 27.1. The molecule has 5 nitrogen and oxygen atoms in total. The van der Waals surface area contributed by atoms with Crippen molar-refractivity contribution in [3.63, 3.8) is 0 Å². The average Bonchev–Trinajstić information content (AvgIpc) is 3.09. The molecule has 0 aromatic heterocycles. The largest absolute Gasteiger partial charge is 1.00 e. The molecule has 0 bridgehead atoms. The van der Waals surface area contributed by atoms with Gasteiger partial charge in [-0.15, -0.1) is 11.8 Å². The topological polar surface area (TPSA) is 89.8 Å². The van der Waals surface area contributed by atoms with E-state index in [1.54, 1.807) is 0 Å². The standard InChI is InChI=1S/C22H30F2O5.Na/c1-3-4-5-8-14(2)16(25)12-11-15-17(26)13-18-21(15)22(23,24)19(29-18)9-6-7-10-20(27)28;/h9,11-12,14-18,21,25-26H,3,6-8,10,13H2,1-2H3,(H,27,28);/q;+1/p-1/t14-,15-,16+,17+,18-,21+;/m0./s1. The smallest absolute Gasteiger partial charge is 0.550 e. The SMILES string of the molecule is CCC#CC[C@H](C)[C@H](O)C=C[C@@H]1[C@@H]2[C@H](C[C@H]1O)OC(=CCCCC(=O)[O-])C2(F)F.[Na+]. The van der Waals surface area contributed by atoms with Gasteiger partial charge >= 0.3 is 35.5 Å². The number of halogens is 2. The molecule has 162 valence electrons. The fourth-order valence-corrected chi connectivity index (χ4v) is 3.85. The Bertz CT molecular complexity index is 697. The van der Waals surface area contributed by atoms with E-state index in [0.717, 1.165) is 6.42 Å². The summed E-state index contributed by atoms with van der Waals surface area (Å²) in [5.41, 5.74) is 0. The number of carbonyl (C=O) groups excluding carboxylic acids is 1. The van der Waals surface area contributed by atoms with Gasteiger partial charge in [-0.2, -0.15) is 8.78 Å². The number of allylic oxidation sites excluding steroid dienone is 2. The van der Waals surface area contributed by atoms with Gasteiger partial charge in [0.05, 0.1) is 18.1 Å². The zero-order valence-electron chi connectivity index (χ0n) is 17.8. The van der Waals surface area contributed by atoms with E-state index in [1.807, 2.05) is 13.8 Å². The normalized spacial score (nSPS) is 30.1. The van der Waals surface area contributed by atoms with Crippen LogP contribution in [0.1, 0.15) is 52.4 Å². The summed E-state index contributed by atoms with van der Waals surface area (Å²) in [5.74, 6) is -1.27. The predicted octanol–water partition coefficient (Wildman–Crippen LogP) is -0.818. The van der Waals surface area contributed by atoms with Crippen molar-refractivity contribution in [3.8, 4) is 11.8 Å². The third-order valence-corrected chi connectivity index (χ3v) is 5.51. The van der Waals surface area contributed by atoms with Crippen LogP contribution in [-0.2, 0) is 9.53 Å². The number of alkyl halides is 2. The van der Waals surface area contributed by atoms with Crippen LogP contribution in [-0.4, -0.2) is 40.4 Å². The van der Waals surface area contributed by atoms with Gasteiger partial charge in [0.25, 0.3) is 0 Å². The van der Waals surface area contributed by atoms with Crippen molar-refractivity contribution < 1.29 is 63.2 Å². The zero-order chi connectivity index (χ0) is 21.6. The maximum absolute atomic E-state index is 14.9. The molecule has 0 aromatic rings. The second kappa shape index (κ2) is 12.2. The van der Waals surface area contributed by atoms with E-state index in [1.165, 1.54) is 18.2 Å². The Labute approximate surface area is 198 Å². The molecule has 1 saturated heterocycles. The number of hydrogen-bond donors (Lipinski definition) is 2. The number of carboxylic acid groups (broad SMARTS) is 1. The molecule has 8 heteroatoms. The Balaban J connectivity index is 0.00000450. The maximum atomic E-state index is 14.9. The summed E-state index contributed by atoms with van der Waals surface area (Å²) in [5, 5.41) is 30.9. The van der Waals surface area contributed by atoms with E-state index in [-0.39, 0.29) is 61.2 Å². The number of fused-ring (bicyclic) bond motifs is 1. The van der Waals surface area contributed by atoms with Crippen LogP contribution in [0.5, 0.6) is 0 Å². The molecule has 0 spiro atoms. The van der Waals surface area contributed by atoms with Gasteiger partial charge in [0.15, 0.2) is 5.76 Å². The summed E-state index contributed by atoms with van der Waals surface area (Å²) in [6.07, 6.45) is 2.98. The Hall–Kier alpha value is -0.910. The van der Waals surface area contributed by atoms with E-state index in [0.29, 0.717) is 6.42 Å². The van der Waals surface area contributed by atoms with Crippen LogP contribution in [0, 0.1) is 29.6 Å². The monoisotopic (exact) mass is 434 g/mol. The molecule has 0 aromatic carbocycles. The first-order chi connectivity index (χ1) is 13.7. The van der Waals surface area contributed by atoms with Crippen LogP contribution < -0.4 is 34.7 Å². The second-order valence-electron chi connectivity index (χ2n) is 7.78. The molecular formula is C22H29F2NaO5. The Morgan fingerprint density at radius 3 is 2.77 bits per heavy atom. The second-order valence-corrected chi connectivity index (χ2v) is 7.78. The molecule has 30 heavy (non-hydrogen) atoms. The zero-order valence-corrected chi connectivity index (χ0v) is 19.8. The number of rotatable bonds is 8. The summed E-state index contributed by atoms with van der Waals surface area (Å²) < 4.78 is 35.2. The molecule has 0 unspecified atom stereocenters. The van der Waals surface area contributed by atoms with Crippen molar-refractivity contribution in [2.45, 2.75) is 76.6 Å². The molecule has 2 aliphatic rings. The van der Waals surface area contributed by atoms with E-state index in [9.17, 15) is 28.9 Å². The van der Waals surface area contributed by atoms with Crippen LogP contribution in [0.3, 0.4) is 0 Å². The van der Waals surface area contributed by atoms with Crippen molar-refractivity contribution in [2.24, 2.45) is 17.8 Å². The van der Waals surface area contributed by atoms with Crippen LogP contribution in [0.25, 0.3) is 0 Å². The molecule has 1 aliphatic carbocycles. The number of hydrogen-bond acceptors (Lipinski definition) is 5. The molecule has 2 N–H and O–H groups in total. The molecule has 1 saturated carbocycles. The number of carbonyl (C=O) groups is 1. The number of unbranched alkanes of at least 4 members (excludes halogenated alkanes) is 1. The molecule has 1 heterocycles. The van der Waals surface area contributed by atoms with E-state index in [2.05, 4.69) is 11.8 Å². The minimum atomic E-state index is -3.26. The molecule has 2 rings (SSSR count). The molecule has 0 radical (unpaired) electrons. The number of ether oxygens (including phenoxy) is 1. The van der Waals surface area contributed by atoms with Gasteiger partial charge in [0, 0.05) is 31.1 Å². The molecular weight excluding hydrogens is 405 g/mol. The van der Waals surface area contributed by atoms with E-state index in [4.69, 9.17) is 4.74 Å². The molecule has 2 fully saturated rings. The first-order valence-electron chi connectivity index (χ1n) is 10.1. The average molecular weight is 434 g/mol. The fraction of sp³-hybridized carbons (Fsp3) is 0.682. The Morgan fingerprint density at radius 1 is 1.43 bits per heavy atom. The number of aliphatic hydroxyl groups is 2. The van der Waals surface area contributed by atoms with Crippen LogP contribution in [0.15, 0.2) is 24.0 Å². The van der Waals surface area contributed by atoms with Crippen LogP contribution in [0.2, 0.25) is 0 Å². The summed E-state index contributed by atoms with van der Waals surface area (Å²) in [6, 6.07) is 0. The Morgan fingerprint density at radius 2 is 2.13 bits per heavy atom. The van der Waals surface area contributed by atoms with E-state index < -0.39 is 47.8 Å². The summed E-state index contributed by atoms with van der Waals surface area (Å²) >= 11 is 0. The summed E-state index contributed by atoms with van der Waals surface area (Å²) in [4.78, 5) is 10.4. The summed E-state index contributed by atoms with van der Waals surface area (Å²) in [6.45, 7) is 3.76. The number of aliphatic carboxylic acids is 1. The van der Waals surface area contributed by atoms with Gasteiger partial charge in [0.1, 0.15) is 6.10 Å². The van der Waals surface area contributed by atoms with Crippen LogP contribution >= 0.6 is 0 Å². The van der Waals surface area contributed by atoms with Gasteiger partial charge < -0.3 is 24.9 Å². The number of carboxylic acids is 1. The minimum Gasteiger partial charge on any atom is -0.550 e. The summed E-state index contributed by atoms with van der Waals surface area (Å²) in [7, 11) is 0. The van der Waals surface area contributed by atoms with Crippen molar-refractivity contribution in [1.29, 1.82) is 0 Å². The van der Waals surface area contributed by atoms with Crippen molar-refractivity contribution >= 4 is 5.97 Å². The van der Waals surface area contributed by atoms with Crippen molar-refractivity contribution in [3.05, 3.63) is 24.0 Å². The maximum Gasteiger partial charge on any atom is 1.00 e. The molecule has 6 atom stereocenters. The van der Waals surface area contributed by atoms with Gasteiger partial charge in [0.2, 0.25) is 0 Å². The Kier molecular flexibility index (Phi) is 11.0. The van der Waals surface area contributed by atoms with Crippen LogP contribution in [0.4, 0.5) is 8.78 Å². The molecule has 0 amide bonds.